The van der Waals surface area contributed by atoms with Crippen LogP contribution in [-0.2, 0) is 9.59 Å². The minimum Gasteiger partial charge on any atom is -0.291 e. The van der Waals surface area contributed by atoms with Crippen molar-refractivity contribution in [3.63, 3.8) is 0 Å². The number of anilines is 1. The number of rotatable bonds is 2. The van der Waals surface area contributed by atoms with Crippen LogP contribution in [0.15, 0.2) is 24.3 Å². The molecule has 4 heteroatoms. The first-order valence-electron chi connectivity index (χ1n) is 8.13. The third kappa shape index (κ3) is 2.80. The van der Waals surface area contributed by atoms with Gasteiger partial charge in [-0.25, -0.2) is 4.90 Å². The summed E-state index contributed by atoms with van der Waals surface area (Å²) in [4.78, 5) is 28.7. The normalized spacial score (nSPS) is 30.1. The van der Waals surface area contributed by atoms with Crippen molar-refractivity contribution in [1.82, 2.24) is 4.90 Å². The fourth-order valence-corrected chi connectivity index (χ4v) is 3.83. The van der Waals surface area contributed by atoms with E-state index in [1.165, 1.54) is 11.3 Å². The van der Waals surface area contributed by atoms with Crippen molar-refractivity contribution < 1.29 is 9.59 Å². The lowest BCUT2D eigenvalue weighted by Gasteiger charge is -2.37. The lowest BCUT2D eigenvalue weighted by atomic mass is 9.90. The van der Waals surface area contributed by atoms with Crippen molar-refractivity contribution in [1.29, 1.82) is 0 Å². The van der Waals surface area contributed by atoms with Gasteiger partial charge in [0.15, 0.2) is 0 Å². The summed E-state index contributed by atoms with van der Waals surface area (Å²) in [5, 5.41) is 0. The van der Waals surface area contributed by atoms with E-state index in [0.717, 1.165) is 18.7 Å². The van der Waals surface area contributed by atoms with Crippen LogP contribution in [0.1, 0.15) is 32.3 Å². The van der Waals surface area contributed by atoms with Gasteiger partial charge in [-0.05, 0) is 37.3 Å². The number of aryl methyl sites for hydroxylation is 1. The van der Waals surface area contributed by atoms with E-state index in [1.54, 1.807) is 0 Å². The Balaban J connectivity index is 1.80. The van der Waals surface area contributed by atoms with Crippen molar-refractivity contribution in [3.05, 3.63) is 29.8 Å². The molecule has 3 atom stereocenters. The van der Waals surface area contributed by atoms with E-state index in [0.29, 0.717) is 23.9 Å². The van der Waals surface area contributed by atoms with Gasteiger partial charge >= 0.3 is 0 Å². The van der Waals surface area contributed by atoms with Gasteiger partial charge < -0.3 is 0 Å². The number of nitrogens with zero attached hydrogens (tertiary/aromatic N) is 2. The van der Waals surface area contributed by atoms with Crippen molar-refractivity contribution >= 4 is 17.5 Å². The molecule has 1 aromatic rings. The molecular formula is C18H24N2O2. The SMILES string of the molecule is Cc1ccc(N2C(=O)C[C@H](N3C[C@H](C)C[C@H](C)C3)C2=O)cc1. The Bertz CT molecular complexity index is 571. The third-order valence-electron chi connectivity index (χ3n) is 4.75. The number of piperidine rings is 1. The Morgan fingerprint density at radius 1 is 1.00 bits per heavy atom. The maximum atomic E-state index is 12.8. The second-order valence-corrected chi connectivity index (χ2v) is 7.02. The molecule has 1 aromatic carbocycles. The van der Waals surface area contributed by atoms with Crippen LogP contribution >= 0.6 is 0 Å². The largest absolute Gasteiger partial charge is 0.291 e. The Labute approximate surface area is 132 Å². The summed E-state index contributed by atoms with van der Waals surface area (Å²) in [6.07, 6.45) is 1.51. The maximum Gasteiger partial charge on any atom is 0.251 e. The van der Waals surface area contributed by atoms with Crippen LogP contribution in [0.25, 0.3) is 0 Å². The Hall–Kier alpha value is -1.68. The molecule has 2 saturated heterocycles. The summed E-state index contributed by atoms with van der Waals surface area (Å²) in [7, 11) is 0. The van der Waals surface area contributed by atoms with Gasteiger partial charge in [-0.2, -0.15) is 0 Å². The van der Waals surface area contributed by atoms with E-state index in [9.17, 15) is 9.59 Å². The molecule has 118 valence electrons. The quantitative estimate of drug-likeness (QED) is 0.788. The zero-order valence-corrected chi connectivity index (χ0v) is 13.6. The van der Waals surface area contributed by atoms with E-state index < -0.39 is 0 Å². The van der Waals surface area contributed by atoms with Crippen molar-refractivity contribution in [2.75, 3.05) is 18.0 Å². The van der Waals surface area contributed by atoms with Crippen LogP contribution in [0.2, 0.25) is 0 Å². The molecule has 0 N–H and O–H groups in total. The number of carbonyl (C=O) groups is 2. The summed E-state index contributed by atoms with van der Waals surface area (Å²) in [6.45, 7) is 8.27. The van der Waals surface area contributed by atoms with Crippen LogP contribution in [-0.4, -0.2) is 35.8 Å². The molecule has 0 aliphatic carbocycles. The zero-order chi connectivity index (χ0) is 15.9. The van der Waals surface area contributed by atoms with Crippen molar-refractivity contribution in [2.45, 2.75) is 39.7 Å². The van der Waals surface area contributed by atoms with Gasteiger partial charge in [0.25, 0.3) is 5.91 Å². The highest BCUT2D eigenvalue weighted by Crippen LogP contribution is 2.30. The van der Waals surface area contributed by atoms with Gasteiger partial charge in [0.2, 0.25) is 5.91 Å². The summed E-state index contributed by atoms with van der Waals surface area (Å²) >= 11 is 0. The average molecular weight is 300 g/mol. The highest BCUT2D eigenvalue weighted by Gasteiger charge is 2.44. The molecular weight excluding hydrogens is 276 g/mol. The summed E-state index contributed by atoms with van der Waals surface area (Å²) in [6, 6.07) is 7.31. The second-order valence-electron chi connectivity index (χ2n) is 7.02. The van der Waals surface area contributed by atoms with E-state index in [2.05, 4.69) is 18.7 Å². The van der Waals surface area contributed by atoms with Crippen LogP contribution < -0.4 is 4.90 Å². The molecule has 4 nitrogen and oxygen atoms in total. The molecule has 2 fully saturated rings. The topological polar surface area (TPSA) is 40.6 Å². The number of benzene rings is 1. The van der Waals surface area contributed by atoms with Gasteiger partial charge in [0.05, 0.1) is 18.2 Å². The van der Waals surface area contributed by atoms with Crippen molar-refractivity contribution in [2.24, 2.45) is 11.8 Å². The van der Waals surface area contributed by atoms with Crippen molar-refractivity contribution in [3.8, 4) is 0 Å². The van der Waals surface area contributed by atoms with Gasteiger partial charge in [0, 0.05) is 13.1 Å². The molecule has 22 heavy (non-hydrogen) atoms. The Morgan fingerprint density at radius 2 is 1.59 bits per heavy atom. The number of imide groups is 1. The molecule has 2 aliphatic heterocycles. The summed E-state index contributed by atoms with van der Waals surface area (Å²) in [5.74, 6) is 1.03. The summed E-state index contributed by atoms with van der Waals surface area (Å²) < 4.78 is 0. The fraction of sp³-hybridized carbons (Fsp3) is 0.556. The first kappa shape index (κ1) is 15.2. The zero-order valence-electron chi connectivity index (χ0n) is 13.6. The molecule has 0 saturated carbocycles. The Morgan fingerprint density at radius 3 is 2.18 bits per heavy atom. The van der Waals surface area contributed by atoms with Crippen LogP contribution in [0.3, 0.4) is 0 Å². The predicted molar refractivity (Wildman–Crippen MR) is 86.6 cm³/mol. The monoisotopic (exact) mass is 300 g/mol. The van der Waals surface area contributed by atoms with Crippen LogP contribution in [0, 0.1) is 18.8 Å². The minimum absolute atomic E-state index is 0.0600. The van der Waals surface area contributed by atoms with Crippen LogP contribution in [0.5, 0.6) is 0 Å². The van der Waals surface area contributed by atoms with Gasteiger partial charge in [0.1, 0.15) is 0 Å². The Kier molecular flexibility index (Phi) is 4.04. The number of hydrogen-bond donors (Lipinski definition) is 0. The van der Waals surface area contributed by atoms with E-state index >= 15 is 0 Å². The highest BCUT2D eigenvalue weighted by molar-refractivity contribution is 6.22. The molecule has 0 spiro atoms. The first-order chi connectivity index (χ1) is 10.5. The average Bonchev–Trinajstić information content (AvgIpc) is 2.74. The number of hydrogen-bond acceptors (Lipinski definition) is 3. The number of amides is 2. The highest BCUT2D eigenvalue weighted by atomic mass is 16.2. The molecule has 0 bridgehead atoms. The minimum atomic E-state index is -0.279. The molecule has 0 unspecified atom stereocenters. The summed E-state index contributed by atoms with van der Waals surface area (Å²) in [5.41, 5.74) is 1.82. The smallest absolute Gasteiger partial charge is 0.251 e. The standard InChI is InChI=1S/C18H24N2O2/c1-12-4-6-15(7-5-12)20-17(21)9-16(18(20)22)19-10-13(2)8-14(3)11-19/h4-7,13-14,16H,8-11H2,1-3H3/t13-,14+,16-/m0/s1. The molecule has 3 rings (SSSR count). The van der Waals surface area contributed by atoms with Gasteiger partial charge in [-0.1, -0.05) is 31.5 Å². The van der Waals surface area contributed by atoms with E-state index in [4.69, 9.17) is 0 Å². The van der Waals surface area contributed by atoms with E-state index in [-0.39, 0.29) is 17.9 Å². The lowest BCUT2D eigenvalue weighted by molar-refractivity contribution is -0.123. The van der Waals surface area contributed by atoms with Crippen LogP contribution in [0.4, 0.5) is 5.69 Å². The third-order valence-corrected chi connectivity index (χ3v) is 4.75. The maximum absolute atomic E-state index is 12.8. The molecule has 2 heterocycles. The van der Waals surface area contributed by atoms with E-state index in [1.807, 2.05) is 31.2 Å². The van der Waals surface area contributed by atoms with Gasteiger partial charge in [-0.3, -0.25) is 14.5 Å². The number of likely N-dealkylation sites (tertiary alicyclic amines) is 1. The number of carbonyl (C=O) groups excluding carboxylic acids is 2. The van der Waals surface area contributed by atoms with Gasteiger partial charge in [-0.15, -0.1) is 0 Å². The lowest BCUT2D eigenvalue weighted by Crippen LogP contribution is -2.48. The molecule has 2 amide bonds. The molecule has 0 radical (unpaired) electrons. The predicted octanol–water partition coefficient (Wildman–Crippen LogP) is 2.60. The molecule has 0 aromatic heterocycles. The second kappa shape index (κ2) is 5.84. The molecule has 2 aliphatic rings. The first-order valence-corrected chi connectivity index (χ1v) is 8.13. The fourth-order valence-electron chi connectivity index (χ4n) is 3.83.